The van der Waals surface area contributed by atoms with Gasteiger partial charge in [-0.2, -0.15) is 4.91 Å². The van der Waals surface area contributed by atoms with E-state index < -0.39 is 0 Å². The van der Waals surface area contributed by atoms with Gasteiger partial charge in [-0.3, -0.25) is 0 Å². The van der Waals surface area contributed by atoms with Crippen molar-refractivity contribution in [2.45, 2.75) is 19.9 Å². The second-order valence-electron chi connectivity index (χ2n) is 2.31. The molecule has 0 saturated heterocycles. The summed E-state index contributed by atoms with van der Waals surface area (Å²) >= 11 is 0. The summed E-state index contributed by atoms with van der Waals surface area (Å²) in [6.07, 6.45) is 0. The highest BCUT2D eigenvalue weighted by molar-refractivity contribution is 4.96. The number of rotatable bonds is 1. The summed E-state index contributed by atoms with van der Waals surface area (Å²) in [5.74, 6) is 1.11. The molecule has 0 aromatic rings. The predicted octanol–water partition coefficient (Wildman–Crippen LogP) is 1.41. The lowest BCUT2D eigenvalue weighted by Gasteiger charge is -1.67. The van der Waals surface area contributed by atoms with Gasteiger partial charge in [-0.05, 0) is 11.8 Å². The van der Waals surface area contributed by atoms with Crippen LogP contribution in [0, 0.1) is 16.7 Å². The van der Waals surface area contributed by atoms with Gasteiger partial charge in [0.1, 0.15) is 0 Å². The number of hydrogen-bond donors (Lipinski definition) is 0. The monoisotopic (exact) mass is 99.1 g/mol. The summed E-state index contributed by atoms with van der Waals surface area (Å²) in [6.45, 7) is 4.10. The van der Waals surface area contributed by atoms with E-state index in [-0.39, 0.29) is 6.04 Å². The zero-order chi connectivity index (χ0) is 5.44. The van der Waals surface area contributed by atoms with E-state index in [9.17, 15) is 4.91 Å². The van der Waals surface area contributed by atoms with Crippen LogP contribution in [0.4, 0.5) is 0 Å². The molecule has 0 heterocycles. The molecule has 0 aromatic carbocycles. The molecule has 1 rings (SSSR count). The maximum atomic E-state index is 9.74. The molecule has 1 fully saturated rings. The van der Waals surface area contributed by atoms with Crippen LogP contribution in [0.25, 0.3) is 0 Å². The first-order valence-corrected chi connectivity index (χ1v) is 2.60. The topological polar surface area (TPSA) is 29.4 Å². The van der Waals surface area contributed by atoms with Gasteiger partial charge in [0.25, 0.3) is 0 Å². The van der Waals surface area contributed by atoms with Gasteiger partial charge in [0.15, 0.2) is 0 Å². The molecule has 2 heteroatoms. The zero-order valence-corrected chi connectivity index (χ0v) is 4.59. The third kappa shape index (κ3) is 0.539. The van der Waals surface area contributed by atoms with E-state index in [1.165, 1.54) is 0 Å². The lowest BCUT2D eigenvalue weighted by molar-refractivity contribution is 0.834. The van der Waals surface area contributed by atoms with Crippen molar-refractivity contribution in [3.05, 3.63) is 4.91 Å². The summed E-state index contributed by atoms with van der Waals surface area (Å²) < 4.78 is 0. The van der Waals surface area contributed by atoms with Crippen LogP contribution in [-0.2, 0) is 0 Å². The minimum absolute atomic E-state index is 0.139. The van der Waals surface area contributed by atoms with Crippen LogP contribution in [0.3, 0.4) is 0 Å². The quantitative estimate of drug-likeness (QED) is 0.457. The fourth-order valence-corrected chi connectivity index (χ4v) is 0.828. The van der Waals surface area contributed by atoms with Crippen LogP contribution in [0.15, 0.2) is 5.18 Å². The van der Waals surface area contributed by atoms with E-state index in [0.717, 1.165) is 0 Å². The highest BCUT2D eigenvalue weighted by atomic mass is 16.3. The highest BCUT2D eigenvalue weighted by Crippen LogP contribution is 2.40. The Kier molecular flexibility index (Phi) is 0.873. The molecule has 1 aliphatic carbocycles. The molecular formula is C5H9NO. The Bertz CT molecular complexity index is 84.1. The fourth-order valence-electron chi connectivity index (χ4n) is 0.828. The van der Waals surface area contributed by atoms with Crippen molar-refractivity contribution >= 4 is 0 Å². The van der Waals surface area contributed by atoms with Crippen molar-refractivity contribution in [2.75, 3.05) is 0 Å². The van der Waals surface area contributed by atoms with Gasteiger partial charge in [-0.1, -0.05) is 19.0 Å². The van der Waals surface area contributed by atoms with Crippen LogP contribution in [-0.4, -0.2) is 6.04 Å². The van der Waals surface area contributed by atoms with Gasteiger partial charge < -0.3 is 0 Å². The maximum absolute atomic E-state index is 9.74. The minimum Gasteiger partial charge on any atom is -0.150 e. The molecule has 0 radical (unpaired) electrons. The van der Waals surface area contributed by atoms with Crippen molar-refractivity contribution in [1.29, 1.82) is 0 Å². The van der Waals surface area contributed by atoms with Gasteiger partial charge in [-0.25, -0.2) is 0 Å². The molecule has 0 aromatic heterocycles. The van der Waals surface area contributed by atoms with Crippen LogP contribution in [0.1, 0.15) is 13.8 Å². The van der Waals surface area contributed by atoms with Gasteiger partial charge in [-0.15, -0.1) is 0 Å². The summed E-state index contributed by atoms with van der Waals surface area (Å²) in [6, 6.07) is 0.139. The lowest BCUT2D eigenvalue weighted by Crippen LogP contribution is -1.73. The van der Waals surface area contributed by atoms with E-state index in [1.807, 2.05) is 0 Å². The Morgan fingerprint density at radius 3 is 1.71 bits per heavy atom. The van der Waals surface area contributed by atoms with Crippen LogP contribution < -0.4 is 0 Å². The van der Waals surface area contributed by atoms with E-state index in [1.54, 1.807) is 0 Å². The van der Waals surface area contributed by atoms with Crippen LogP contribution in [0.2, 0.25) is 0 Å². The first kappa shape index (κ1) is 4.75. The molecule has 0 bridgehead atoms. The van der Waals surface area contributed by atoms with Crippen molar-refractivity contribution in [1.82, 2.24) is 0 Å². The molecule has 0 amide bonds. The number of nitrogens with zero attached hydrogens (tertiary/aromatic N) is 1. The van der Waals surface area contributed by atoms with Gasteiger partial charge >= 0.3 is 0 Å². The van der Waals surface area contributed by atoms with Gasteiger partial charge in [0.05, 0.1) is 6.04 Å². The minimum atomic E-state index is 0.139. The molecule has 0 spiro atoms. The second kappa shape index (κ2) is 1.29. The van der Waals surface area contributed by atoms with E-state index >= 15 is 0 Å². The molecule has 1 saturated carbocycles. The van der Waals surface area contributed by atoms with E-state index in [0.29, 0.717) is 11.8 Å². The average molecular weight is 99.1 g/mol. The molecule has 2 atom stereocenters. The van der Waals surface area contributed by atoms with Crippen molar-refractivity contribution in [2.24, 2.45) is 17.0 Å². The molecule has 2 nitrogen and oxygen atoms in total. The van der Waals surface area contributed by atoms with Crippen LogP contribution in [0.5, 0.6) is 0 Å². The summed E-state index contributed by atoms with van der Waals surface area (Å²) in [7, 11) is 0. The first-order chi connectivity index (χ1) is 3.27. The third-order valence-corrected chi connectivity index (χ3v) is 1.89. The molecular weight excluding hydrogens is 90.1 g/mol. The maximum Gasteiger partial charge on any atom is 0.0977 e. The Balaban J connectivity index is 2.37. The Morgan fingerprint density at radius 2 is 1.71 bits per heavy atom. The number of nitroso groups, excluding NO2 is 1. The lowest BCUT2D eigenvalue weighted by atomic mass is 10.4. The Hall–Kier alpha value is -0.400. The molecule has 0 aliphatic heterocycles. The van der Waals surface area contributed by atoms with Crippen molar-refractivity contribution in [3.63, 3.8) is 0 Å². The SMILES string of the molecule is C[C@H]1C(N=O)[C@@H]1C. The Morgan fingerprint density at radius 1 is 1.29 bits per heavy atom. The summed E-state index contributed by atoms with van der Waals surface area (Å²) in [5, 5.41) is 2.91. The third-order valence-electron chi connectivity index (χ3n) is 1.89. The van der Waals surface area contributed by atoms with Gasteiger partial charge in [0.2, 0.25) is 0 Å². The molecule has 0 N–H and O–H groups in total. The smallest absolute Gasteiger partial charge is 0.0977 e. The van der Waals surface area contributed by atoms with Gasteiger partial charge in [0, 0.05) is 0 Å². The van der Waals surface area contributed by atoms with Crippen molar-refractivity contribution < 1.29 is 0 Å². The average Bonchev–Trinajstić information content (AvgIpc) is 2.17. The molecule has 1 aliphatic rings. The normalized spacial score (nSPS) is 48.6. The Labute approximate surface area is 42.9 Å². The zero-order valence-electron chi connectivity index (χ0n) is 4.59. The van der Waals surface area contributed by atoms with E-state index in [4.69, 9.17) is 0 Å². The summed E-state index contributed by atoms with van der Waals surface area (Å²) in [4.78, 5) is 9.74. The summed E-state index contributed by atoms with van der Waals surface area (Å²) in [5.41, 5.74) is 0. The largest absolute Gasteiger partial charge is 0.150 e. The van der Waals surface area contributed by atoms with Crippen LogP contribution >= 0.6 is 0 Å². The predicted molar refractivity (Wildman–Crippen MR) is 27.9 cm³/mol. The molecule has 40 valence electrons. The van der Waals surface area contributed by atoms with Crippen molar-refractivity contribution in [3.8, 4) is 0 Å². The molecule has 0 unspecified atom stereocenters. The second-order valence-corrected chi connectivity index (χ2v) is 2.31. The van der Waals surface area contributed by atoms with E-state index in [2.05, 4.69) is 19.0 Å². The number of hydrogen-bond acceptors (Lipinski definition) is 2. The fraction of sp³-hybridized carbons (Fsp3) is 1.00. The first-order valence-electron chi connectivity index (χ1n) is 2.60. The highest BCUT2D eigenvalue weighted by Gasteiger charge is 2.44. The standard InChI is InChI=1S/C5H9NO/c1-3-4(2)5(3)6-7/h3-5H,1-2H3/t3-,4-/m1/s1. The molecule has 7 heavy (non-hydrogen) atoms.